The number of carbonyl (C=O) groups is 1. The molecule has 4 heteroatoms. The molecule has 0 aliphatic carbocycles. The molecular formula is C16H13N3O. The average Bonchev–Trinajstić information content (AvgIpc) is 2.98. The predicted molar refractivity (Wildman–Crippen MR) is 78.0 cm³/mol. The van der Waals surface area contributed by atoms with Gasteiger partial charge < -0.3 is 10.7 Å². The van der Waals surface area contributed by atoms with Crippen LogP contribution in [0.1, 0.15) is 10.4 Å². The van der Waals surface area contributed by atoms with Gasteiger partial charge in [0, 0.05) is 41.0 Å². The van der Waals surface area contributed by atoms with Crippen LogP contribution in [0.3, 0.4) is 0 Å². The van der Waals surface area contributed by atoms with E-state index >= 15 is 0 Å². The quantitative estimate of drug-likeness (QED) is 0.762. The van der Waals surface area contributed by atoms with Crippen LogP contribution in [0.2, 0.25) is 0 Å². The van der Waals surface area contributed by atoms with Crippen molar-refractivity contribution in [2.24, 2.45) is 5.73 Å². The highest BCUT2D eigenvalue weighted by molar-refractivity contribution is 6.00. The zero-order valence-corrected chi connectivity index (χ0v) is 10.7. The SMILES string of the molecule is NC(=O)c1ccccc1-c1c[nH]c(-c2ccncc2)c1. The van der Waals surface area contributed by atoms with Gasteiger partial charge in [0.15, 0.2) is 0 Å². The van der Waals surface area contributed by atoms with Gasteiger partial charge in [0.25, 0.3) is 0 Å². The summed E-state index contributed by atoms with van der Waals surface area (Å²) in [5.41, 5.74) is 9.72. The Kier molecular flexibility index (Phi) is 3.05. The molecule has 1 aromatic carbocycles. The summed E-state index contributed by atoms with van der Waals surface area (Å²) in [6.07, 6.45) is 5.36. The van der Waals surface area contributed by atoms with E-state index in [0.29, 0.717) is 5.56 Å². The molecule has 0 spiro atoms. The van der Waals surface area contributed by atoms with E-state index in [9.17, 15) is 4.79 Å². The minimum Gasteiger partial charge on any atom is -0.366 e. The van der Waals surface area contributed by atoms with E-state index < -0.39 is 5.91 Å². The van der Waals surface area contributed by atoms with Gasteiger partial charge in [-0.2, -0.15) is 0 Å². The summed E-state index contributed by atoms with van der Waals surface area (Å²) in [5, 5.41) is 0. The number of H-pyrrole nitrogens is 1. The molecule has 2 heterocycles. The van der Waals surface area contributed by atoms with Gasteiger partial charge in [-0.05, 0) is 29.8 Å². The van der Waals surface area contributed by atoms with Crippen LogP contribution in [0.5, 0.6) is 0 Å². The molecule has 0 unspecified atom stereocenters. The summed E-state index contributed by atoms with van der Waals surface area (Å²) in [7, 11) is 0. The van der Waals surface area contributed by atoms with Crippen LogP contribution < -0.4 is 5.73 Å². The van der Waals surface area contributed by atoms with Crippen LogP contribution in [0.25, 0.3) is 22.4 Å². The lowest BCUT2D eigenvalue weighted by Crippen LogP contribution is -2.11. The number of amides is 1. The van der Waals surface area contributed by atoms with Crippen LogP contribution in [-0.4, -0.2) is 15.9 Å². The smallest absolute Gasteiger partial charge is 0.249 e. The number of benzene rings is 1. The summed E-state index contributed by atoms with van der Waals surface area (Å²) in [5.74, 6) is -0.424. The zero-order chi connectivity index (χ0) is 13.9. The van der Waals surface area contributed by atoms with Gasteiger partial charge in [-0.15, -0.1) is 0 Å². The van der Waals surface area contributed by atoms with Crippen molar-refractivity contribution in [3.8, 4) is 22.4 Å². The Morgan fingerprint density at radius 2 is 1.80 bits per heavy atom. The molecular weight excluding hydrogens is 250 g/mol. The van der Waals surface area contributed by atoms with Gasteiger partial charge in [0.05, 0.1) is 0 Å². The molecule has 0 atom stereocenters. The first-order valence-electron chi connectivity index (χ1n) is 6.24. The summed E-state index contributed by atoms with van der Waals surface area (Å²) in [4.78, 5) is 18.7. The molecule has 0 radical (unpaired) electrons. The largest absolute Gasteiger partial charge is 0.366 e. The number of rotatable bonds is 3. The Bertz CT molecular complexity index is 747. The Hall–Kier alpha value is -2.88. The Morgan fingerprint density at radius 3 is 2.55 bits per heavy atom. The van der Waals surface area contributed by atoms with E-state index in [1.807, 2.05) is 36.5 Å². The van der Waals surface area contributed by atoms with Crippen molar-refractivity contribution in [1.29, 1.82) is 0 Å². The van der Waals surface area contributed by atoms with E-state index in [2.05, 4.69) is 9.97 Å². The van der Waals surface area contributed by atoms with E-state index in [1.54, 1.807) is 24.5 Å². The van der Waals surface area contributed by atoms with Crippen LogP contribution in [0.15, 0.2) is 61.1 Å². The second kappa shape index (κ2) is 5.01. The van der Waals surface area contributed by atoms with Crippen molar-refractivity contribution in [1.82, 2.24) is 9.97 Å². The van der Waals surface area contributed by atoms with Crippen molar-refractivity contribution in [2.75, 3.05) is 0 Å². The maximum atomic E-state index is 11.5. The minimum atomic E-state index is -0.424. The summed E-state index contributed by atoms with van der Waals surface area (Å²) in [6.45, 7) is 0. The third-order valence-corrected chi connectivity index (χ3v) is 3.18. The molecule has 3 rings (SSSR count). The number of primary amides is 1. The molecule has 0 aliphatic heterocycles. The highest BCUT2D eigenvalue weighted by Crippen LogP contribution is 2.27. The molecule has 98 valence electrons. The molecule has 0 saturated heterocycles. The fourth-order valence-electron chi connectivity index (χ4n) is 2.20. The van der Waals surface area contributed by atoms with E-state index in [4.69, 9.17) is 5.73 Å². The highest BCUT2D eigenvalue weighted by Gasteiger charge is 2.11. The predicted octanol–water partition coefficient (Wildman–Crippen LogP) is 2.84. The first kappa shape index (κ1) is 12.2. The molecule has 4 nitrogen and oxygen atoms in total. The molecule has 2 aromatic heterocycles. The summed E-state index contributed by atoms with van der Waals surface area (Å²) < 4.78 is 0. The van der Waals surface area contributed by atoms with Gasteiger partial charge in [-0.3, -0.25) is 9.78 Å². The second-order valence-electron chi connectivity index (χ2n) is 4.45. The topological polar surface area (TPSA) is 71.8 Å². The minimum absolute atomic E-state index is 0.424. The first-order valence-corrected chi connectivity index (χ1v) is 6.24. The molecule has 0 fully saturated rings. The number of aromatic nitrogens is 2. The molecule has 20 heavy (non-hydrogen) atoms. The third kappa shape index (κ3) is 2.19. The van der Waals surface area contributed by atoms with Crippen LogP contribution in [0, 0.1) is 0 Å². The number of carbonyl (C=O) groups excluding carboxylic acids is 1. The highest BCUT2D eigenvalue weighted by atomic mass is 16.1. The number of pyridine rings is 1. The number of hydrogen-bond acceptors (Lipinski definition) is 2. The molecule has 0 saturated carbocycles. The second-order valence-corrected chi connectivity index (χ2v) is 4.45. The van der Waals surface area contributed by atoms with Crippen molar-refractivity contribution in [2.45, 2.75) is 0 Å². The third-order valence-electron chi connectivity index (χ3n) is 3.18. The average molecular weight is 263 g/mol. The van der Waals surface area contributed by atoms with E-state index in [1.165, 1.54) is 0 Å². The number of nitrogens with two attached hydrogens (primary N) is 1. The van der Waals surface area contributed by atoms with Crippen LogP contribution in [-0.2, 0) is 0 Å². The van der Waals surface area contributed by atoms with Crippen molar-refractivity contribution in [3.05, 3.63) is 66.6 Å². The van der Waals surface area contributed by atoms with E-state index in [-0.39, 0.29) is 0 Å². The Labute approximate surface area is 116 Å². The van der Waals surface area contributed by atoms with Gasteiger partial charge in [0.2, 0.25) is 5.91 Å². The monoisotopic (exact) mass is 263 g/mol. The Morgan fingerprint density at radius 1 is 1.05 bits per heavy atom. The summed E-state index contributed by atoms with van der Waals surface area (Å²) >= 11 is 0. The maximum Gasteiger partial charge on any atom is 0.249 e. The van der Waals surface area contributed by atoms with Crippen LogP contribution in [0.4, 0.5) is 0 Å². The lowest BCUT2D eigenvalue weighted by molar-refractivity contribution is 0.100. The van der Waals surface area contributed by atoms with Crippen molar-refractivity contribution >= 4 is 5.91 Å². The first-order chi connectivity index (χ1) is 9.75. The molecule has 0 aliphatic rings. The van der Waals surface area contributed by atoms with Gasteiger partial charge >= 0.3 is 0 Å². The lowest BCUT2D eigenvalue weighted by Gasteiger charge is -2.03. The molecule has 3 aromatic rings. The normalized spacial score (nSPS) is 10.4. The molecule has 3 N–H and O–H groups in total. The number of nitrogens with one attached hydrogen (secondary N) is 1. The fourth-order valence-corrected chi connectivity index (χ4v) is 2.20. The molecule has 0 bridgehead atoms. The number of nitrogens with zero attached hydrogens (tertiary/aromatic N) is 1. The van der Waals surface area contributed by atoms with Gasteiger partial charge in [0.1, 0.15) is 0 Å². The number of hydrogen-bond donors (Lipinski definition) is 2. The Balaban J connectivity index is 2.05. The van der Waals surface area contributed by atoms with Crippen LogP contribution >= 0.6 is 0 Å². The van der Waals surface area contributed by atoms with Gasteiger partial charge in [-0.25, -0.2) is 0 Å². The summed E-state index contributed by atoms with van der Waals surface area (Å²) in [6, 6.07) is 13.2. The zero-order valence-electron chi connectivity index (χ0n) is 10.7. The van der Waals surface area contributed by atoms with Crippen molar-refractivity contribution < 1.29 is 4.79 Å². The van der Waals surface area contributed by atoms with Crippen molar-refractivity contribution in [3.63, 3.8) is 0 Å². The maximum absolute atomic E-state index is 11.5. The fraction of sp³-hybridized carbons (Fsp3) is 0. The standard InChI is InChI=1S/C16H13N3O/c17-16(20)14-4-2-1-3-13(14)12-9-15(19-10-12)11-5-7-18-8-6-11/h1-10,19H,(H2,17,20). The number of aromatic amines is 1. The molecule has 1 amide bonds. The van der Waals surface area contributed by atoms with E-state index in [0.717, 1.165) is 22.4 Å². The van der Waals surface area contributed by atoms with Gasteiger partial charge in [-0.1, -0.05) is 18.2 Å². The lowest BCUT2D eigenvalue weighted by atomic mass is 10.0.